The van der Waals surface area contributed by atoms with Crippen molar-refractivity contribution in [2.45, 2.75) is 12.5 Å². The van der Waals surface area contributed by atoms with Crippen molar-refractivity contribution in [1.29, 1.82) is 0 Å². The number of carbonyl (C=O) groups excluding carboxylic acids is 1. The molecule has 2 aromatic carbocycles. The lowest BCUT2D eigenvalue weighted by Gasteiger charge is -2.19. The average molecular weight is 270 g/mol. The monoisotopic (exact) mass is 270 g/mol. The maximum atomic E-state index is 11.1. The first kappa shape index (κ1) is 14.1. The summed E-state index contributed by atoms with van der Waals surface area (Å²) in [5.41, 5.74) is 14.2. The molecule has 2 aromatic rings. The normalized spacial score (nSPS) is 11.9. The number of methoxy groups -OCH3 is 1. The quantitative estimate of drug-likeness (QED) is 0.874. The van der Waals surface area contributed by atoms with Crippen LogP contribution in [0.4, 0.5) is 0 Å². The zero-order chi connectivity index (χ0) is 14.5. The van der Waals surface area contributed by atoms with Crippen LogP contribution in [-0.4, -0.2) is 13.0 Å². The smallest absolute Gasteiger partial charge is 0.219 e. The minimum atomic E-state index is -0.487. The number of hydrogen-bond acceptors (Lipinski definition) is 3. The van der Waals surface area contributed by atoms with Gasteiger partial charge in [-0.05, 0) is 17.2 Å². The van der Waals surface area contributed by atoms with Gasteiger partial charge in [0.25, 0.3) is 0 Å². The molecule has 0 aliphatic rings. The molecule has 4 nitrogen and oxygen atoms in total. The van der Waals surface area contributed by atoms with Crippen LogP contribution in [0, 0.1) is 0 Å². The molecular weight excluding hydrogens is 252 g/mol. The summed E-state index contributed by atoms with van der Waals surface area (Å²) < 4.78 is 5.38. The van der Waals surface area contributed by atoms with Crippen LogP contribution >= 0.6 is 0 Å². The van der Waals surface area contributed by atoms with Gasteiger partial charge in [0, 0.05) is 18.0 Å². The van der Waals surface area contributed by atoms with E-state index in [1.165, 1.54) is 0 Å². The lowest BCUT2D eigenvalue weighted by molar-refractivity contribution is -0.118. The van der Waals surface area contributed by atoms with Crippen LogP contribution in [0.15, 0.2) is 48.5 Å². The molecule has 1 amide bonds. The van der Waals surface area contributed by atoms with Gasteiger partial charge in [-0.2, -0.15) is 0 Å². The molecule has 0 saturated carbocycles. The zero-order valence-corrected chi connectivity index (χ0v) is 11.4. The van der Waals surface area contributed by atoms with Gasteiger partial charge in [0.05, 0.1) is 7.11 Å². The van der Waals surface area contributed by atoms with Crippen LogP contribution in [0.3, 0.4) is 0 Å². The Morgan fingerprint density at radius 1 is 1.15 bits per heavy atom. The van der Waals surface area contributed by atoms with E-state index < -0.39 is 11.9 Å². The fourth-order valence-electron chi connectivity index (χ4n) is 2.29. The topological polar surface area (TPSA) is 78.3 Å². The molecule has 0 aromatic heterocycles. The third-order valence-corrected chi connectivity index (χ3v) is 3.16. The predicted molar refractivity (Wildman–Crippen MR) is 79.2 cm³/mol. The van der Waals surface area contributed by atoms with Gasteiger partial charge in [-0.1, -0.05) is 42.5 Å². The highest BCUT2D eigenvalue weighted by atomic mass is 16.5. The van der Waals surface area contributed by atoms with E-state index in [0.717, 1.165) is 16.7 Å². The van der Waals surface area contributed by atoms with Crippen LogP contribution < -0.4 is 16.2 Å². The summed E-state index contributed by atoms with van der Waals surface area (Å²) in [6, 6.07) is 15.1. The summed E-state index contributed by atoms with van der Waals surface area (Å²) in [5, 5.41) is 0. The third-order valence-electron chi connectivity index (χ3n) is 3.16. The van der Waals surface area contributed by atoms with Crippen molar-refractivity contribution in [2.24, 2.45) is 11.5 Å². The van der Waals surface area contributed by atoms with Gasteiger partial charge in [0.15, 0.2) is 0 Å². The molecule has 104 valence electrons. The second-order valence-electron chi connectivity index (χ2n) is 4.56. The number of amides is 1. The van der Waals surface area contributed by atoms with Gasteiger partial charge in [0.2, 0.25) is 5.91 Å². The number of primary amides is 1. The zero-order valence-electron chi connectivity index (χ0n) is 11.4. The predicted octanol–water partition coefficient (Wildman–Crippen LogP) is 2.24. The van der Waals surface area contributed by atoms with Crippen molar-refractivity contribution in [1.82, 2.24) is 0 Å². The van der Waals surface area contributed by atoms with E-state index in [2.05, 4.69) is 0 Å². The van der Waals surface area contributed by atoms with Gasteiger partial charge in [-0.3, -0.25) is 4.79 Å². The fraction of sp³-hybridized carbons (Fsp3) is 0.188. The van der Waals surface area contributed by atoms with E-state index in [9.17, 15) is 4.79 Å². The molecule has 4 N–H and O–H groups in total. The van der Waals surface area contributed by atoms with E-state index >= 15 is 0 Å². The number of hydrogen-bond donors (Lipinski definition) is 2. The van der Waals surface area contributed by atoms with Crippen molar-refractivity contribution in [3.8, 4) is 16.9 Å². The summed E-state index contributed by atoms with van der Waals surface area (Å²) >= 11 is 0. The highest BCUT2D eigenvalue weighted by Crippen LogP contribution is 2.35. The standard InChI is InChI=1S/C16H18N2O2/c1-20-14-9-5-8-12(11-6-3-2-4-7-11)16(14)13(17)10-15(18)19/h2-9,13H,10,17H2,1H3,(H2,18,19). The van der Waals surface area contributed by atoms with Gasteiger partial charge in [-0.25, -0.2) is 0 Å². The van der Waals surface area contributed by atoms with Crippen molar-refractivity contribution < 1.29 is 9.53 Å². The summed E-state index contributed by atoms with van der Waals surface area (Å²) in [4.78, 5) is 11.1. The lowest BCUT2D eigenvalue weighted by Crippen LogP contribution is -2.21. The maximum absolute atomic E-state index is 11.1. The molecular formula is C16H18N2O2. The van der Waals surface area contributed by atoms with Crippen LogP contribution in [0.1, 0.15) is 18.0 Å². The Hall–Kier alpha value is -2.33. The van der Waals surface area contributed by atoms with Crippen molar-refractivity contribution in [2.75, 3.05) is 7.11 Å². The molecule has 0 fully saturated rings. The van der Waals surface area contributed by atoms with Gasteiger partial charge < -0.3 is 16.2 Å². The molecule has 0 bridgehead atoms. The van der Waals surface area contributed by atoms with Crippen LogP contribution in [-0.2, 0) is 4.79 Å². The third kappa shape index (κ3) is 2.97. The Kier molecular flexibility index (Phi) is 4.38. The van der Waals surface area contributed by atoms with Crippen molar-refractivity contribution in [3.05, 3.63) is 54.1 Å². The van der Waals surface area contributed by atoms with Crippen LogP contribution in [0.25, 0.3) is 11.1 Å². The molecule has 0 saturated heterocycles. The molecule has 0 aliphatic heterocycles. The van der Waals surface area contributed by atoms with Gasteiger partial charge in [-0.15, -0.1) is 0 Å². The minimum Gasteiger partial charge on any atom is -0.496 e. The Morgan fingerprint density at radius 2 is 1.85 bits per heavy atom. The highest BCUT2D eigenvalue weighted by Gasteiger charge is 2.19. The highest BCUT2D eigenvalue weighted by molar-refractivity contribution is 5.77. The summed E-state index contributed by atoms with van der Waals surface area (Å²) in [6.07, 6.45) is 0.0835. The molecule has 1 atom stereocenters. The van der Waals surface area contributed by atoms with E-state index in [1.54, 1.807) is 7.11 Å². The van der Waals surface area contributed by atoms with Gasteiger partial charge in [0.1, 0.15) is 5.75 Å². The van der Waals surface area contributed by atoms with Crippen molar-refractivity contribution >= 4 is 5.91 Å². The molecule has 4 heteroatoms. The number of ether oxygens (including phenoxy) is 1. The Balaban J connectivity index is 2.54. The van der Waals surface area contributed by atoms with E-state index in [-0.39, 0.29) is 6.42 Å². The van der Waals surface area contributed by atoms with Crippen molar-refractivity contribution in [3.63, 3.8) is 0 Å². The fourth-order valence-corrected chi connectivity index (χ4v) is 2.29. The molecule has 0 heterocycles. The first-order valence-corrected chi connectivity index (χ1v) is 6.39. The lowest BCUT2D eigenvalue weighted by atomic mass is 9.92. The Morgan fingerprint density at radius 3 is 2.45 bits per heavy atom. The first-order valence-electron chi connectivity index (χ1n) is 6.39. The summed E-state index contributed by atoms with van der Waals surface area (Å²) in [7, 11) is 1.59. The van der Waals surface area contributed by atoms with E-state index in [0.29, 0.717) is 5.75 Å². The summed E-state index contributed by atoms with van der Waals surface area (Å²) in [5.74, 6) is 0.238. The molecule has 0 aliphatic carbocycles. The van der Waals surface area contributed by atoms with Gasteiger partial charge >= 0.3 is 0 Å². The SMILES string of the molecule is COc1cccc(-c2ccccc2)c1C(N)CC(N)=O. The molecule has 2 rings (SSSR count). The largest absolute Gasteiger partial charge is 0.496 e. The van der Waals surface area contributed by atoms with Crippen LogP contribution in [0.2, 0.25) is 0 Å². The minimum absolute atomic E-state index is 0.0835. The molecule has 1 unspecified atom stereocenters. The second-order valence-corrected chi connectivity index (χ2v) is 4.56. The second kappa shape index (κ2) is 6.21. The number of carbonyl (C=O) groups is 1. The number of rotatable bonds is 5. The summed E-state index contributed by atoms with van der Waals surface area (Å²) in [6.45, 7) is 0. The first-order chi connectivity index (χ1) is 9.63. The van der Waals surface area contributed by atoms with Crippen LogP contribution in [0.5, 0.6) is 5.75 Å². The molecule has 20 heavy (non-hydrogen) atoms. The molecule has 0 radical (unpaired) electrons. The number of nitrogens with two attached hydrogens (primary N) is 2. The molecule has 0 spiro atoms. The Labute approximate surface area is 118 Å². The number of benzene rings is 2. The van der Waals surface area contributed by atoms with E-state index in [4.69, 9.17) is 16.2 Å². The van der Waals surface area contributed by atoms with E-state index in [1.807, 2.05) is 48.5 Å². The average Bonchev–Trinajstić information content (AvgIpc) is 2.46. The Bertz CT molecular complexity index is 597. The maximum Gasteiger partial charge on any atom is 0.219 e.